The smallest absolute Gasteiger partial charge is 0.459 e. The monoisotopic (exact) mass is 573 g/mol. The summed E-state index contributed by atoms with van der Waals surface area (Å²) in [5, 5.41) is 13.0. The lowest BCUT2D eigenvalue weighted by Gasteiger charge is -2.24. The number of halogens is 1. The van der Waals surface area contributed by atoms with Crippen molar-refractivity contribution in [2.45, 2.75) is 37.8 Å². The van der Waals surface area contributed by atoms with E-state index in [9.17, 15) is 24.1 Å². The number of H-pyrrole nitrogens is 1. The number of ether oxygens (including phenoxy) is 2. The van der Waals surface area contributed by atoms with Gasteiger partial charge in [-0.2, -0.15) is 5.09 Å². The highest BCUT2D eigenvalue weighted by Gasteiger charge is 2.39. The molecule has 1 fully saturated rings. The molecule has 0 saturated carbocycles. The van der Waals surface area contributed by atoms with Gasteiger partial charge in [-0.25, -0.2) is 9.36 Å². The van der Waals surface area contributed by atoms with Gasteiger partial charge in [-0.3, -0.25) is 23.7 Å². The van der Waals surface area contributed by atoms with Crippen LogP contribution in [-0.4, -0.2) is 52.6 Å². The summed E-state index contributed by atoms with van der Waals surface area (Å²) in [7, 11) is -2.95. The van der Waals surface area contributed by atoms with Crippen LogP contribution in [0.25, 0.3) is 6.08 Å². The first kappa shape index (κ1) is 27.1. The fourth-order valence-electron chi connectivity index (χ4n) is 3.29. The van der Waals surface area contributed by atoms with Crippen LogP contribution in [0, 0.1) is 0 Å². The minimum absolute atomic E-state index is 0.00722. The molecule has 3 N–H and O–H groups in total. The van der Waals surface area contributed by atoms with Gasteiger partial charge in [0.15, 0.2) is 0 Å². The Hall–Kier alpha value is -2.54. The number of hydrogen-bond acceptors (Lipinski definition) is 9. The van der Waals surface area contributed by atoms with Gasteiger partial charge in [0.2, 0.25) is 0 Å². The number of esters is 1. The molecule has 1 saturated heterocycles. The van der Waals surface area contributed by atoms with Crippen LogP contribution in [0.1, 0.15) is 25.1 Å². The molecule has 0 bridgehead atoms. The van der Waals surface area contributed by atoms with Gasteiger partial charge < -0.3 is 19.1 Å². The highest BCUT2D eigenvalue weighted by molar-refractivity contribution is 9.11. The van der Waals surface area contributed by atoms with Gasteiger partial charge in [-0.1, -0.05) is 34.1 Å². The zero-order valence-corrected chi connectivity index (χ0v) is 21.3. The largest absolute Gasteiger partial charge is 0.468 e. The number of benzene rings is 1. The third-order valence-electron chi connectivity index (χ3n) is 5.04. The average Bonchev–Trinajstić information content (AvgIpc) is 3.19. The molecule has 12 nitrogen and oxygen atoms in total. The van der Waals surface area contributed by atoms with Crippen molar-refractivity contribution in [2.24, 2.45) is 0 Å². The summed E-state index contributed by atoms with van der Waals surface area (Å²) >= 11 is 3.08. The fourth-order valence-corrected chi connectivity index (χ4v) is 5.07. The number of aliphatic hydroxyl groups excluding tert-OH is 1. The lowest BCUT2D eigenvalue weighted by molar-refractivity contribution is -0.142. The number of aliphatic hydroxyl groups is 1. The molecule has 190 valence electrons. The maximum atomic E-state index is 13.4. The first-order valence-electron chi connectivity index (χ1n) is 10.5. The highest BCUT2D eigenvalue weighted by Crippen LogP contribution is 2.45. The van der Waals surface area contributed by atoms with Gasteiger partial charge in [0.1, 0.15) is 24.1 Å². The summed E-state index contributed by atoms with van der Waals surface area (Å²) < 4.78 is 36.0. The van der Waals surface area contributed by atoms with Crippen molar-refractivity contribution in [3.05, 3.63) is 67.9 Å². The molecule has 1 aliphatic heterocycles. The SMILES string of the molecule is COC(=O)[C@H](C)NP(=O)(OCC1OC(n2cc(C=CBr)c(=O)[nH]c2=O)C[C@@H]1O)Oc1ccccc1. The number of methoxy groups -OCH3 is 1. The number of hydrogen-bond donors (Lipinski definition) is 3. The van der Waals surface area contributed by atoms with E-state index in [2.05, 4.69) is 30.7 Å². The first-order valence-corrected chi connectivity index (χ1v) is 12.9. The number of aromatic amines is 1. The van der Waals surface area contributed by atoms with E-state index in [0.29, 0.717) is 0 Å². The lowest BCUT2D eigenvalue weighted by atomic mass is 10.2. The van der Waals surface area contributed by atoms with Crippen LogP contribution in [0.5, 0.6) is 5.75 Å². The molecular formula is C21H25BrN3O9P. The number of carbonyl (C=O) groups excluding carboxylic acids is 1. The van der Waals surface area contributed by atoms with Crippen LogP contribution in [-0.2, 0) is 23.4 Å². The van der Waals surface area contributed by atoms with Crippen LogP contribution >= 0.6 is 23.7 Å². The molecule has 0 amide bonds. The van der Waals surface area contributed by atoms with E-state index in [4.69, 9.17) is 13.8 Å². The van der Waals surface area contributed by atoms with Gasteiger partial charge >= 0.3 is 19.4 Å². The fraction of sp³-hybridized carbons (Fsp3) is 0.381. The van der Waals surface area contributed by atoms with Gasteiger partial charge in [0, 0.05) is 12.6 Å². The first-order chi connectivity index (χ1) is 16.7. The van der Waals surface area contributed by atoms with Gasteiger partial charge in [-0.05, 0) is 30.1 Å². The Morgan fingerprint density at radius 1 is 1.40 bits per heavy atom. The zero-order valence-electron chi connectivity index (χ0n) is 18.8. The van der Waals surface area contributed by atoms with Gasteiger partial charge in [-0.15, -0.1) is 0 Å². The zero-order chi connectivity index (χ0) is 25.6. The van der Waals surface area contributed by atoms with E-state index in [1.54, 1.807) is 30.3 Å². The Labute approximate surface area is 208 Å². The lowest BCUT2D eigenvalue weighted by Crippen LogP contribution is -2.36. The summed E-state index contributed by atoms with van der Waals surface area (Å²) in [4.78, 5) is 39.7. The van der Waals surface area contributed by atoms with E-state index in [1.165, 1.54) is 31.3 Å². The van der Waals surface area contributed by atoms with Crippen molar-refractivity contribution in [3.63, 3.8) is 0 Å². The molecule has 3 rings (SSSR count). The molecule has 3 unspecified atom stereocenters. The normalized spacial score (nSPS) is 22.6. The molecule has 1 aliphatic rings. The number of nitrogens with one attached hydrogen (secondary N) is 2. The Morgan fingerprint density at radius 2 is 2.11 bits per heavy atom. The second kappa shape index (κ2) is 11.9. The molecule has 2 heterocycles. The third kappa shape index (κ3) is 7.00. The van der Waals surface area contributed by atoms with Crippen molar-refractivity contribution in [1.29, 1.82) is 0 Å². The van der Waals surface area contributed by atoms with E-state index in [-0.39, 0.29) is 17.7 Å². The van der Waals surface area contributed by atoms with Crippen molar-refractivity contribution in [3.8, 4) is 5.75 Å². The summed E-state index contributed by atoms with van der Waals surface area (Å²) in [6.07, 6.45) is -0.224. The molecule has 0 radical (unpaired) electrons. The minimum Gasteiger partial charge on any atom is -0.468 e. The molecular weight excluding hydrogens is 549 g/mol. The standard InChI is InChI=1S/C21H25BrN3O9P/c1-13(20(28)31-2)24-35(30,34-15-6-4-3-5-7-15)32-12-17-16(26)10-18(33-17)25-11-14(8-9-22)19(27)23-21(25)29/h3-9,11,13,16-18,26H,10,12H2,1-2H3,(H,24,30)(H,23,27,29)/t13-,16-,17?,18?,35?/m0/s1. The van der Waals surface area contributed by atoms with E-state index >= 15 is 0 Å². The molecule has 1 aromatic heterocycles. The molecule has 2 aromatic rings. The van der Waals surface area contributed by atoms with Gasteiger partial charge in [0.05, 0.1) is 25.4 Å². The van der Waals surface area contributed by atoms with Crippen LogP contribution in [0.4, 0.5) is 0 Å². The summed E-state index contributed by atoms with van der Waals surface area (Å²) in [5.74, 6) is -0.466. The van der Waals surface area contributed by atoms with Crippen LogP contribution in [0.2, 0.25) is 0 Å². The summed E-state index contributed by atoms with van der Waals surface area (Å²) in [6.45, 7) is 1.03. The van der Waals surface area contributed by atoms with E-state index < -0.39 is 56.0 Å². The van der Waals surface area contributed by atoms with Gasteiger partial charge in [0.25, 0.3) is 5.56 Å². The average molecular weight is 574 g/mol. The molecule has 0 aliphatic carbocycles. The Morgan fingerprint density at radius 3 is 2.77 bits per heavy atom. The van der Waals surface area contributed by atoms with Crippen molar-refractivity contribution in [1.82, 2.24) is 14.6 Å². The Balaban J connectivity index is 1.75. The Kier molecular flexibility index (Phi) is 9.22. The van der Waals surface area contributed by atoms with E-state index in [0.717, 1.165) is 4.57 Å². The van der Waals surface area contributed by atoms with Crippen LogP contribution in [0.15, 0.2) is 51.1 Å². The second-order valence-electron chi connectivity index (χ2n) is 7.55. The highest BCUT2D eigenvalue weighted by atomic mass is 79.9. The minimum atomic E-state index is -4.14. The predicted octanol–water partition coefficient (Wildman–Crippen LogP) is 1.91. The summed E-state index contributed by atoms with van der Waals surface area (Å²) in [6, 6.07) is 7.15. The molecule has 35 heavy (non-hydrogen) atoms. The molecule has 5 atom stereocenters. The van der Waals surface area contributed by atoms with Crippen molar-refractivity contribution in [2.75, 3.05) is 13.7 Å². The molecule has 1 aromatic carbocycles. The summed E-state index contributed by atoms with van der Waals surface area (Å²) in [5.41, 5.74) is -1.10. The van der Waals surface area contributed by atoms with Crippen LogP contribution < -0.4 is 20.9 Å². The van der Waals surface area contributed by atoms with E-state index in [1.807, 2.05) is 0 Å². The maximum Gasteiger partial charge on any atom is 0.459 e. The number of nitrogens with zero attached hydrogens (tertiary/aromatic N) is 1. The topological polar surface area (TPSA) is 158 Å². The number of carbonyl (C=O) groups is 1. The predicted molar refractivity (Wildman–Crippen MR) is 129 cm³/mol. The molecule has 14 heteroatoms. The van der Waals surface area contributed by atoms with Crippen molar-refractivity contribution < 1.29 is 33.0 Å². The molecule has 0 spiro atoms. The third-order valence-corrected chi connectivity index (χ3v) is 6.94. The maximum absolute atomic E-state index is 13.4. The Bertz CT molecular complexity index is 1220. The second-order valence-corrected chi connectivity index (χ2v) is 9.77. The number of aromatic nitrogens is 2. The number of para-hydroxylation sites is 1. The van der Waals surface area contributed by atoms with Crippen molar-refractivity contribution >= 4 is 35.7 Å². The quantitative estimate of drug-likeness (QED) is 0.283. The van der Waals surface area contributed by atoms with Crippen LogP contribution in [0.3, 0.4) is 0 Å². The number of rotatable bonds is 10.